The molecule has 2 heterocycles. The van der Waals surface area contributed by atoms with Gasteiger partial charge in [-0.25, -0.2) is 14.4 Å². The first-order chi connectivity index (χ1) is 18.1. The average molecular weight is 550 g/mol. The molecule has 0 radical (unpaired) electrons. The Labute approximate surface area is 214 Å². The Balaban J connectivity index is 1.47. The van der Waals surface area contributed by atoms with Crippen LogP contribution in [0.5, 0.6) is 0 Å². The number of benzene rings is 2. The third-order valence-corrected chi connectivity index (χ3v) is 7.25. The van der Waals surface area contributed by atoms with E-state index in [-0.39, 0.29) is 24.2 Å². The quantitative estimate of drug-likeness (QED) is 0.183. The molecule has 2 aromatic carbocycles. The zero-order valence-electron chi connectivity index (χ0n) is 19.8. The number of aromatic nitrogens is 2. The summed E-state index contributed by atoms with van der Waals surface area (Å²) in [6.45, 7) is -0.815. The van der Waals surface area contributed by atoms with Crippen LogP contribution in [0.4, 0.5) is 10.1 Å². The summed E-state index contributed by atoms with van der Waals surface area (Å²) in [5, 5.41) is 24.5. The molecule has 0 spiro atoms. The molecule has 4 rings (SSSR count). The standard InChI is InChI=1S/C23H24FN4O9P/c24-17-12-27(23(31)26-22(17)30)21-10-19(29)20(37-21)14-36-38(34,25-11-15-6-2-1-3-7-15)35-13-16-8-4-5-9-18(16)28(32)33/h1-9,12,19-21,29H,10-11,13-14H2,(H,25,34)(H,26,30,31)/t19-,20+,21+,38?/m0/s1. The number of nitrogens with one attached hydrogen (secondary N) is 2. The molecule has 38 heavy (non-hydrogen) atoms. The fraction of sp³-hybridized carbons (Fsp3) is 0.304. The van der Waals surface area contributed by atoms with Crippen LogP contribution in [0.3, 0.4) is 0 Å². The minimum atomic E-state index is -4.13. The molecular weight excluding hydrogens is 526 g/mol. The van der Waals surface area contributed by atoms with Crippen molar-refractivity contribution in [1.82, 2.24) is 14.6 Å². The molecule has 1 unspecified atom stereocenters. The summed E-state index contributed by atoms with van der Waals surface area (Å²) in [6, 6.07) is 14.7. The van der Waals surface area contributed by atoms with Crippen molar-refractivity contribution in [3.63, 3.8) is 0 Å². The number of nitro groups is 1. The van der Waals surface area contributed by atoms with Crippen molar-refractivity contribution in [2.45, 2.75) is 38.0 Å². The van der Waals surface area contributed by atoms with Crippen molar-refractivity contribution in [3.05, 3.63) is 109 Å². The first-order valence-corrected chi connectivity index (χ1v) is 12.9. The van der Waals surface area contributed by atoms with Gasteiger partial charge >= 0.3 is 13.4 Å². The van der Waals surface area contributed by atoms with Crippen molar-refractivity contribution in [1.29, 1.82) is 0 Å². The molecule has 3 N–H and O–H groups in total. The SMILES string of the molecule is O=c1[nH]c(=O)n([C@H]2C[C@H](O)[C@@H](COP(=O)(NCc3ccccc3)OCc3ccccc3[N+](=O)[O-])O2)cc1F. The van der Waals surface area contributed by atoms with E-state index in [0.29, 0.717) is 6.20 Å². The van der Waals surface area contributed by atoms with Gasteiger partial charge in [0.15, 0.2) is 0 Å². The largest absolute Gasteiger partial charge is 0.406 e. The molecule has 0 amide bonds. The van der Waals surface area contributed by atoms with E-state index in [1.54, 1.807) is 36.4 Å². The van der Waals surface area contributed by atoms with Crippen molar-refractivity contribution in [2.75, 3.05) is 6.61 Å². The second-order valence-corrected chi connectivity index (χ2v) is 10.2. The molecule has 3 aromatic rings. The Morgan fingerprint density at radius 1 is 1.18 bits per heavy atom. The van der Waals surface area contributed by atoms with Gasteiger partial charge in [-0.05, 0) is 11.6 Å². The van der Waals surface area contributed by atoms with Crippen LogP contribution in [-0.4, -0.2) is 38.4 Å². The maximum Gasteiger partial charge on any atom is 0.406 e. The summed E-state index contributed by atoms with van der Waals surface area (Å²) in [5.74, 6) is -1.21. The molecule has 15 heteroatoms. The number of aliphatic hydroxyl groups is 1. The van der Waals surface area contributed by atoms with Gasteiger partial charge in [0.25, 0.3) is 11.2 Å². The van der Waals surface area contributed by atoms with Crippen molar-refractivity contribution >= 4 is 13.4 Å². The predicted octanol–water partition coefficient (Wildman–Crippen LogP) is 2.36. The van der Waals surface area contributed by atoms with Gasteiger partial charge in [0.05, 0.1) is 36.0 Å². The minimum Gasteiger partial charge on any atom is -0.390 e. The number of hydrogen-bond donors (Lipinski definition) is 3. The monoisotopic (exact) mass is 550 g/mol. The van der Waals surface area contributed by atoms with E-state index in [4.69, 9.17) is 13.8 Å². The molecule has 4 atom stereocenters. The highest BCUT2D eigenvalue weighted by Crippen LogP contribution is 2.46. The average Bonchev–Trinajstić information content (AvgIpc) is 3.28. The smallest absolute Gasteiger partial charge is 0.390 e. The number of para-hydroxylation sites is 1. The second kappa shape index (κ2) is 11.9. The topological polar surface area (TPSA) is 175 Å². The fourth-order valence-electron chi connectivity index (χ4n) is 3.76. The predicted molar refractivity (Wildman–Crippen MR) is 131 cm³/mol. The summed E-state index contributed by atoms with van der Waals surface area (Å²) in [6.07, 6.45) is -2.88. The maximum absolute atomic E-state index is 13.7. The van der Waals surface area contributed by atoms with E-state index in [1.165, 1.54) is 18.2 Å². The molecular formula is C23H24FN4O9P. The number of halogens is 1. The van der Waals surface area contributed by atoms with Gasteiger partial charge in [-0.1, -0.05) is 42.5 Å². The molecule has 1 fully saturated rings. The van der Waals surface area contributed by atoms with Crippen molar-refractivity contribution in [2.24, 2.45) is 0 Å². The van der Waals surface area contributed by atoms with E-state index >= 15 is 0 Å². The molecule has 1 aromatic heterocycles. The van der Waals surface area contributed by atoms with Crippen LogP contribution in [-0.2, 0) is 31.5 Å². The molecule has 0 saturated carbocycles. The number of aliphatic hydroxyl groups excluding tert-OH is 1. The van der Waals surface area contributed by atoms with Gasteiger partial charge in [0.1, 0.15) is 12.3 Å². The van der Waals surface area contributed by atoms with Gasteiger partial charge in [-0.2, -0.15) is 4.39 Å². The molecule has 1 aliphatic rings. The Morgan fingerprint density at radius 2 is 1.89 bits per heavy atom. The third kappa shape index (κ3) is 6.67. The van der Waals surface area contributed by atoms with E-state index in [9.17, 15) is 33.8 Å². The van der Waals surface area contributed by atoms with Gasteiger partial charge in [0, 0.05) is 19.0 Å². The van der Waals surface area contributed by atoms with Crippen molar-refractivity contribution < 1.29 is 32.8 Å². The lowest BCUT2D eigenvalue weighted by Crippen LogP contribution is -2.34. The number of H-pyrrole nitrogens is 1. The Bertz CT molecular complexity index is 1450. The first kappa shape index (κ1) is 27.5. The highest BCUT2D eigenvalue weighted by Gasteiger charge is 2.38. The lowest BCUT2D eigenvalue weighted by atomic mass is 10.2. The van der Waals surface area contributed by atoms with Gasteiger partial charge < -0.3 is 9.84 Å². The third-order valence-electron chi connectivity index (χ3n) is 5.75. The fourth-order valence-corrected chi connectivity index (χ4v) is 5.05. The minimum absolute atomic E-state index is 0.0672. The van der Waals surface area contributed by atoms with Gasteiger partial charge in [0.2, 0.25) is 5.82 Å². The number of nitrogens with zero attached hydrogens (tertiary/aromatic N) is 2. The number of ether oxygens (including phenoxy) is 1. The lowest BCUT2D eigenvalue weighted by molar-refractivity contribution is -0.385. The lowest BCUT2D eigenvalue weighted by Gasteiger charge is -2.22. The molecule has 1 saturated heterocycles. The molecule has 202 valence electrons. The molecule has 0 aliphatic carbocycles. The summed E-state index contributed by atoms with van der Waals surface area (Å²) in [7, 11) is -4.13. The van der Waals surface area contributed by atoms with Crippen LogP contribution in [0, 0.1) is 15.9 Å². The molecule has 0 bridgehead atoms. The van der Waals surface area contributed by atoms with Crippen LogP contribution in [0.1, 0.15) is 23.8 Å². The molecule has 13 nitrogen and oxygen atoms in total. The summed E-state index contributed by atoms with van der Waals surface area (Å²) in [4.78, 5) is 35.9. The summed E-state index contributed by atoms with van der Waals surface area (Å²) >= 11 is 0. The van der Waals surface area contributed by atoms with Crippen LogP contribution >= 0.6 is 7.75 Å². The first-order valence-electron chi connectivity index (χ1n) is 11.4. The molecule has 1 aliphatic heterocycles. The summed E-state index contributed by atoms with van der Waals surface area (Å²) < 4.78 is 44.7. The zero-order valence-corrected chi connectivity index (χ0v) is 20.7. The van der Waals surface area contributed by atoms with Crippen LogP contribution in [0.2, 0.25) is 0 Å². The Kier molecular flexibility index (Phi) is 8.62. The van der Waals surface area contributed by atoms with Gasteiger partial charge in [-0.15, -0.1) is 0 Å². The number of aromatic amines is 1. The normalized spacial score (nSPS) is 20.7. The Hall–Kier alpha value is -3.52. The maximum atomic E-state index is 13.7. The van der Waals surface area contributed by atoms with E-state index < -0.39 is 61.4 Å². The zero-order chi connectivity index (χ0) is 27.3. The van der Waals surface area contributed by atoms with Crippen LogP contribution in [0.25, 0.3) is 0 Å². The highest BCUT2D eigenvalue weighted by molar-refractivity contribution is 7.51. The number of rotatable bonds is 11. The highest BCUT2D eigenvalue weighted by atomic mass is 31.2. The van der Waals surface area contributed by atoms with E-state index in [2.05, 4.69) is 5.09 Å². The van der Waals surface area contributed by atoms with E-state index in [0.717, 1.165) is 10.1 Å². The van der Waals surface area contributed by atoms with E-state index in [1.807, 2.05) is 4.98 Å². The van der Waals surface area contributed by atoms with Gasteiger partial charge in [-0.3, -0.25) is 33.5 Å². The van der Waals surface area contributed by atoms with Crippen LogP contribution in [0.15, 0.2) is 70.4 Å². The number of nitro benzene ring substituents is 1. The Morgan fingerprint density at radius 3 is 2.63 bits per heavy atom. The van der Waals surface area contributed by atoms with Crippen molar-refractivity contribution in [3.8, 4) is 0 Å². The number of hydrogen-bond acceptors (Lipinski definition) is 9. The second-order valence-electron chi connectivity index (χ2n) is 8.35. The summed E-state index contributed by atoms with van der Waals surface area (Å²) in [5.41, 5.74) is -1.43. The van der Waals surface area contributed by atoms with Crippen LogP contribution < -0.4 is 16.3 Å².